The highest BCUT2D eigenvalue weighted by Gasteiger charge is 2.28. The Hall–Kier alpha value is -1.10. The van der Waals surface area contributed by atoms with Gasteiger partial charge in [0.2, 0.25) is 5.91 Å². The van der Waals surface area contributed by atoms with E-state index in [0.717, 1.165) is 32.4 Å². The fourth-order valence-electron chi connectivity index (χ4n) is 2.38. The average Bonchev–Trinajstić information content (AvgIpc) is 2.26. The molecular formula is C12H22N2O3. The molecule has 0 aliphatic carbocycles. The Morgan fingerprint density at radius 2 is 2.00 bits per heavy atom. The van der Waals surface area contributed by atoms with Gasteiger partial charge < -0.3 is 10.4 Å². The van der Waals surface area contributed by atoms with E-state index in [4.69, 9.17) is 5.11 Å². The Balaban J connectivity index is 2.43. The van der Waals surface area contributed by atoms with Crippen molar-refractivity contribution in [3.63, 3.8) is 0 Å². The van der Waals surface area contributed by atoms with Gasteiger partial charge in [0, 0.05) is 26.1 Å². The van der Waals surface area contributed by atoms with Crippen LogP contribution in [0.5, 0.6) is 0 Å². The van der Waals surface area contributed by atoms with Crippen LogP contribution in [0.1, 0.15) is 39.5 Å². The van der Waals surface area contributed by atoms with Gasteiger partial charge in [-0.05, 0) is 19.3 Å². The number of piperidine rings is 1. The molecule has 1 heterocycles. The number of hydrogen-bond acceptors (Lipinski definition) is 3. The topological polar surface area (TPSA) is 69.6 Å². The molecule has 0 aromatic heterocycles. The van der Waals surface area contributed by atoms with Crippen LogP contribution in [0.3, 0.4) is 0 Å². The van der Waals surface area contributed by atoms with Crippen LogP contribution in [0.2, 0.25) is 0 Å². The molecule has 0 spiro atoms. The van der Waals surface area contributed by atoms with E-state index in [0.29, 0.717) is 6.42 Å². The number of nitrogens with zero attached hydrogens (tertiary/aromatic N) is 1. The van der Waals surface area contributed by atoms with Crippen molar-refractivity contribution in [1.82, 2.24) is 10.2 Å². The Bertz CT molecular complexity index is 273. The Morgan fingerprint density at radius 1 is 1.41 bits per heavy atom. The predicted octanol–water partition coefficient (Wildman–Crippen LogP) is 0.840. The lowest BCUT2D eigenvalue weighted by atomic mass is 10.0. The summed E-state index contributed by atoms with van der Waals surface area (Å²) < 4.78 is 0. The average molecular weight is 242 g/mol. The summed E-state index contributed by atoms with van der Waals surface area (Å²) in [4.78, 5) is 24.1. The molecule has 5 nitrogen and oxygen atoms in total. The van der Waals surface area contributed by atoms with E-state index in [1.165, 1.54) is 6.92 Å². The minimum atomic E-state index is -0.732. The number of carboxylic acids is 1. The van der Waals surface area contributed by atoms with E-state index < -0.39 is 5.97 Å². The van der Waals surface area contributed by atoms with E-state index >= 15 is 0 Å². The maximum Gasteiger partial charge on any atom is 0.320 e. The Kier molecular flexibility index (Phi) is 5.41. The van der Waals surface area contributed by atoms with Crippen LogP contribution in [0.25, 0.3) is 0 Å². The van der Waals surface area contributed by atoms with Crippen LogP contribution in [0.15, 0.2) is 0 Å². The van der Waals surface area contributed by atoms with Crippen molar-refractivity contribution < 1.29 is 14.7 Å². The lowest BCUT2D eigenvalue weighted by Crippen LogP contribution is -2.50. The lowest BCUT2D eigenvalue weighted by molar-refractivity contribution is -0.144. The second-order valence-corrected chi connectivity index (χ2v) is 4.65. The molecule has 1 unspecified atom stereocenters. The second-order valence-electron chi connectivity index (χ2n) is 4.65. The summed E-state index contributed by atoms with van der Waals surface area (Å²) in [5.41, 5.74) is 0. The maximum atomic E-state index is 11.1. The normalized spacial score (nSPS) is 19.9. The lowest BCUT2D eigenvalue weighted by Gasteiger charge is -2.35. The van der Waals surface area contributed by atoms with Crippen molar-refractivity contribution >= 4 is 11.9 Å². The highest BCUT2D eigenvalue weighted by atomic mass is 16.4. The highest BCUT2D eigenvalue weighted by Crippen LogP contribution is 2.16. The number of carbonyl (C=O) groups is 2. The summed E-state index contributed by atoms with van der Waals surface area (Å²) in [6, 6.07) is -0.155. The number of likely N-dealkylation sites (tertiary alicyclic amines) is 1. The van der Waals surface area contributed by atoms with E-state index in [9.17, 15) is 9.59 Å². The molecule has 1 amide bonds. The minimum absolute atomic E-state index is 0.00760. The van der Waals surface area contributed by atoms with Gasteiger partial charge in [-0.25, -0.2) is 0 Å². The maximum absolute atomic E-state index is 11.1. The molecule has 5 heteroatoms. The van der Waals surface area contributed by atoms with Crippen molar-refractivity contribution in [1.29, 1.82) is 0 Å². The molecule has 2 N–H and O–H groups in total. The number of hydrogen-bond donors (Lipinski definition) is 2. The third-order valence-electron chi connectivity index (χ3n) is 3.22. The summed E-state index contributed by atoms with van der Waals surface area (Å²) >= 11 is 0. The molecule has 0 aromatic rings. The van der Waals surface area contributed by atoms with Crippen molar-refractivity contribution in [3.8, 4) is 0 Å². The van der Waals surface area contributed by atoms with Crippen molar-refractivity contribution in [2.24, 2.45) is 0 Å². The number of amides is 1. The number of carbonyl (C=O) groups excluding carboxylic acids is 1. The monoisotopic (exact) mass is 242 g/mol. The molecule has 1 rings (SSSR count). The van der Waals surface area contributed by atoms with Gasteiger partial charge in [0.15, 0.2) is 0 Å². The van der Waals surface area contributed by atoms with Crippen LogP contribution >= 0.6 is 0 Å². The van der Waals surface area contributed by atoms with Crippen LogP contribution in [0.4, 0.5) is 0 Å². The number of rotatable bonds is 5. The first-order chi connectivity index (χ1) is 8.04. The van der Waals surface area contributed by atoms with Crippen molar-refractivity contribution in [3.05, 3.63) is 0 Å². The summed E-state index contributed by atoms with van der Waals surface area (Å²) in [6.45, 7) is 5.02. The van der Waals surface area contributed by atoms with Crippen LogP contribution < -0.4 is 5.32 Å². The molecule has 1 atom stereocenters. The zero-order valence-corrected chi connectivity index (χ0v) is 10.6. The van der Waals surface area contributed by atoms with E-state index in [2.05, 4.69) is 5.32 Å². The molecule has 1 aliphatic heterocycles. The molecular weight excluding hydrogens is 220 g/mol. The Morgan fingerprint density at radius 3 is 2.41 bits per heavy atom. The number of carboxylic acid groups (broad SMARTS) is 1. The zero-order valence-electron chi connectivity index (χ0n) is 10.6. The van der Waals surface area contributed by atoms with Crippen molar-refractivity contribution in [2.75, 3.05) is 13.1 Å². The second kappa shape index (κ2) is 6.59. The summed E-state index contributed by atoms with van der Waals surface area (Å²) in [5.74, 6) is -0.739. The molecule has 1 aliphatic rings. The standard InChI is InChI=1S/C12H22N2O3/c1-3-4-11(12(16)17)14-7-5-10(6-8-14)13-9(2)15/h10-11H,3-8H2,1-2H3,(H,13,15)(H,16,17). The summed E-state index contributed by atoms with van der Waals surface area (Å²) in [7, 11) is 0. The molecule has 0 saturated carbocycles. The van der Waals surface area contributed by atoms with Gasteiger partial charge in [-0.1, -0.05) is 13.3 Å². The van der Waals surface area contributed by atoms with Gasteiger partial charge in [0.05, 0.1) is 0 Å². The summed E-state index contributed by atoms with van der Waals surface area (Å²) in [5, 5.41) is 12.0. The van der Waals surface area contributed by atoms with Gasteiger partial charge in [-0.15, -0.1) is 0 Å². The number of nitrogens with one attached hydrogen (secondary N) is 1. The van der Waals surface area contributed by atoms with E-state index in [1.54, 1.807) is 0 Å². The largest absolute Gasteiger partial charge is 0.480 e. The zero-order chi connectivity index (χ0) is 12.8. The molecule has 98 valence electrons. The van der Waals surface area contributed by atoms with Crippen molar-refractivity contribution in [2.45, 2.75) is 51.6 Å². The fourth-order valence-corrected chi connectivity index (χ4v) is 2.38. The smallest absolute Gasteiger partial charge is 0.320 e. The van der Waals surface area contributed by atoms with E-state index in [1.807, 2.05) is 11.8 Å². The van der Waals surface area contributed by atoms with Crippen LogP contribution in [-0.4, -0.2) is 47.1 Å². The van der Waals surface area contributed by atoms with Gasteiger partial charge >= 0.3 is 5.97 Å². The van der Waals surface area contributed by atoms with E-state index in [-0.39, 0.29) is 18.0 Å². The Labute approximate surface area is 102 Å². The summed E-state index contributed by atoms with van der Waals surface area (Å²) in [6.07, 6.45) is 3.25. The molecule has 1 fully saturated rings. The molecule has 17 heavy (non-hydrogen) atoms. The van der Waals surface area contributed by atoms with Gasteiger partial charge in [0.25, 0.3) is 0 Å². The first kappa shape index (κ1) is 14.0. The van der Waals surface area contributed by atoms with Crippen LogP contribution in [-0.2, 0) is 9.59 Å². The minimum Gasteiger partial charge on any atom is -0.480 e. The first-order valence-electron chi connectivity index (χ1n) is 6.28. The molecule has 0 aromatic carbocycles. The third kappa shape index (κ3) is 4.34. The van der Waals surface area contributed by atoms with Gasteiger partial charge in [-0.3, -0.25) is 14.5 Å². The van der Waals surface area contributed by atoms with Gasteiger partial charge in [-0.2, -0.15) is 0 Å². The molecule has 1 saturated heterocycles. The quantitative estimate of drug-likeness (QED) is 0.749. The van der Waals surface area contributed by atoms with Gasteiger partial charge in [0.1, 0.15) is 6.04 Å². The number of aliphatic carboxylic acids is 1. The predicted molar refractivity (Wildman–Crippen MR) is 64.7 cm³/mol. The molecule has 0 bridgehead atoms. The highest BCUT2D eigenvalue weighted by molar-refractivity contribution is 5.74. The van der Waals surface area contributed by atoms with Crippen LogP contribution in [0, 0.1) is 0 Å². The SMILES string of the molecule is CCCC(C(=O)O)N1CCC(NC(C)=O)CC1. The molecule has 0 radical (unpaired) electrons. The third-order valence-corrected chi connectivity index (χ3v) is 3.22. The first-order valence-corrected chi connectivity index (χ1v) is 6.28. The fraction of sp³-hybridized carbons (Fsp3) is 0.833.